The molecule has 0 aliphatic rings. The van der Waals surface area contributed by atoms with E-state index in [1.165, 1.54) is 16.8 Å². The number of hydrogen-bond acceptors (Lipinski definition) is 2. The number of nitrogens with two attached hydrogens (primary N) is 1. The Labute approximate surface area is 112 Å². The number of fused-ring (bicyclic) bond motifs is 1. The van der Waals surface area contributed by atoms with Gasteiger partial charge >= 0.3 is 0 Å². The predicted molar refractivity (Wildman–Crippen MR) is 80.0 cm³/mol. The third-order valence-corrected chi connectivity index (χ3v) is 3.41. The predicted octanol–water partition coefficient (Wildman–Crippen LogP) is 3.61. The molecule has 1 aromatic carbocycles. The normalized spacial score (nSPS) is 11.1. The maximum absolute atomic E-state index is 5.77. The molecule has 0 amide bonds. The van der Waals surface area contributed by atoms with E-state index in [1.807, 2.05) is 12.1 Å². The van der Waals surface area contributed by atoms with Crippen LogP contribution in [0.3, 0.4) is 0 Å². The molecule has 2 N–H and O–H groups in total. The van der Waals surface area contributed by atoms with Crippen LogP contribution in [0.25, 0.3) is 22.3 Å². The minimum absolute atomic E-state index is 0.566. The lowest BCUT2D eigenvalue weighted by Gasteiger charge is -2.08. The number of aromatic nitrogens is 2. The Kier molecular flexibility index (Phi) is 2.75. The van der Waals surface area contributed by atoms with E-state index >= 15 is 0 Å². The van der Waals surface area contributed by atoms with Gasteiger partial charge in [0.15, 0.2) is 0 Å². The lowest BCUT2D eigenvalue weighted by Crippen LogP contribution is -1.97. The summed E-state index contributed by atoms with van der Waals surface area (Å²) < 4.78 is 2.27. The summed E-state index contributed by atoms with van der Waals surface area (Å²) in [4.78, 5) is 4.41. The van der Waals surface area contributed by atoms with Crippen LogP contribution in [0.2, 0.25) is 0 Å². The maximum atomic E-state index is 5.77. The van der Waals surface area contributed by atoms with Crippen molar-refractivity contribution < 1.29 is 0 Å². The van der Waals surface area contributed by atoms with Gasteiger partial charge in [-0.15, -0.1) is 0 Å². The van der Waals surface area contributed by atoms with Crippen LogP contribution in [0.4, 0.5) is 5.82 Å². The molecule has 3 nitrogen and oxygen atoms in total. The maximum Gasteiger partial charge on any atom is 0.124 e. The van der Waals surface area contributed by atoms with Crippen LogP contribution in [-0.4, -0.2) is 9.55 Å². The summed E-state index contributed by atoms with van der Waals surface area (Å²) in [5.74, 6) is 0.566. The van der Waals surface area contributed by atoms with Crippen LogP contribution < -0.4 is 5.73 Å². The SMILES string of the molecule is CCn1c(-c2cccc(C)c2)cc2nc(N)ccc21. The molecule has 0 radical (unpaired) electrons. The van der Waals surface area contributed by atoms with Crippen LogP contribution >= 0.6 is 0 Å². The minimum atomic E-state index is 0.566. The lowest BCUT2D eigenvalue weighted by molar-refractivity contribution is 0.805. The second-order valence-corrected chi connectivity index (χ2v) is 4.78. The summed E-state index contributed by atoms with van der Waals surface area (Å²) in [5, 5.41) is 0. The van der Waals surface area contributed by atoms with Crippen molar-refractivity contribution in [3.05, 3.63) is 48.0 Å². The Morgan fingerprint density at radius 3 is 2.74 bits per heavy atom. The van der Waals surface area contributed by atoms with Crippen LogP contribution in [0.5, 0.6) is 0 Å². The van der Waals surface area contributed by atoms with Crippen LogP contribution in [0, 0.1) is 6.92 Å². The largest absolute Gasteiger partial charge is 0.384 e. The molecule has 0 atom stereocenters. The van der Waals surface area contributed by atoms with Crippen molar-refractivity contribution >= 4 is 16.9 Å². The van der Waals surface area contributed by atoms with Gasteiger partial charge in [-0.2, -0.15) is 0 Å². The first-order valence-electron chi connectivity index (χ1n) is 6.52. The monoisotopic (exact) mass is 251 g/mol. The summed E-state index contributed by atoms with van der Waals surface area (Å²) >= 11 is 0. The van der Waals surface area contributed by atoms with Gasteiger partial charge in [0.1, 0.15) is 5.82 Å². The van der Waals surface area contributed by atoms with E-state index in [1.54, 1.807) is 0 Å². The number of nitrogens with zero attached hydrogens (tertiary/aromatic N) is 2. The fourth-order valence-electron chi connectivity index (χ4n) is 2.54. The van der Waals surface area contributed by atoms with Gasteiger partial charge in [-0.25, -0.2) is 4.98 Å². The first-order chi connectivity index (χ1) is 9.19. The highest BCUT2D eigenvalue weighted by atomic mass is 15.0. The molecule has 96 valence electrons. The first-order valence-corrected chi connectivity index (χ1v) is 6.52. The van der Waals surface area contributed by atoms with Gasteiger partial charge in [-0.1, -0.05) is 23.8 Å². The average Bonchev–Trinajstić information content (AvgIpc) is 2.76. The molecular formula is C16H17N3. The molecular weight excluding hydrogens is 234 g/mol. The summed E-state index contributed by atoms with van der Waals surface area (Å²) in [7, 11) is 0. The molecule has 2 heterocycles. The van der Waals surface area contributed by atoms with Gasteiger partial charge in [-0.05, 0) is 43.7 Å². The van der Waals surface area contributed by atoms with Crippen molar-refractivity contribution in [1.29, 1.82) is 0 Å². The second kappa shape index (κ2) is 4.43. The Balaban J connectivity index is 2.28. The summed E-state index contributed by atoms with van der Waals surface area (Å²) in [5.41, 5.74) is 11.5. The van der Waals surface area contributed by atoms with Crippen LogP contribution in [0.1, 0.15) is 12.5 Å². The average molecular weight is 251 g/mol. The number of pyridine rings is 1. The number of anilines is 1. The van der Waals surface area contributed by atoms with Crippen LogP contribution in [0.15, 0.2) is 42.5 Å². The number of nitrogen functional groups attached to an aromatic ring is 1. The molecule has 0 spiro atoms. The van der Waals surface area contributed by atoms with E-state index in [0.29, 0.717) is 5.82 Å². The third kappa shape index (κ3) is 1.97. The number of hydrogen-bond donors (Lipinski definition) is 1. The van der Waals surface area contributed by atoms with E-state index in [-0.39, 0.29) is 0 Å². The van der Waals surface area contributed by atoms with E-state index < -0.39 is 0 Å². The van der Waals surface area contributed by atoms with Crippen molar-refractivity contribution in [2.75, 3.05) is 5.73 Å². The quantitative estimate of drug-likeness (QED) is 0.756. The van der Waals surface area contributed by atoms with Gasteiger partial charge in [0, 0.05) is 6.54 Å². The highest BCUT2D eigenvalue weighted by Crippen LogP contribution is 2.28. The molecule has 19 heavy (non-hydrogen) atoms. The molecule has 3 rings (SSSR count). The molecule has 0 aliphatic heterocycles. The van der Waals surface area contributed by atoms with Crippen molar-refractivity contribution in [2.24, 2.45) is 0 Å². The highest BCUT2D eigenvalue weighted by molar-refractivity contribution is 5.85. The second-order valence-electron chi connectivity index (χ2n) is 4.78. The van der Waals surface area contributed by atoms with Gasteiger partial charge in [0.05, 0.1) is 16.7 Å². The fourth-order valence-corrected chi connectivity index (χ4v) is 2.54. The van der Waals surface area contributed by atoms with Gasteiger partial charge in [0.2, 0.25) is 0 Å². The van der Waals surface area contributed by atoms with E-state index in [0.717, 1.165) is 17.6 Å². The van der Waals surface area contributed by atoms with E-state index in [2.05, 4.69) is 53.7 Å². The zero-order valence-electron chi connectivity index (χ0n) is 11.2. The Bertz CT molecular complexity index is 741. The Morgan fingerprint density at radius 1 is 1.16 bits per heavy atom. The molecule has 0 bridgehead atoms. The van der Waals surface area contributed by atoms with Gasteiger partial charge in [0.25, 0.3) is 0 Å². The zero-order valence-corrected chi connectivity index (χ0v) is 11.2. The molecule has 0 saturated carbocycles. The number of aryl methyl sites for hydroxylation is 2. The molecule has 2 aromatic heterocycles. The van der Waals surface area contributed by atoms with Crippen LogP contribution in [-0.2, 0) is 6.54 Å². The Hall–Kier alpha value is -2.29. The number of benzene rings is 1. The molecule has 0 aliphatic carbocycles. The smallest absolute Gasteiger partial charge is 0.124 e. The van der Waals surface area contributed by atoms with Gasteiger partial charge < -0.3 is 10.3 Å². The Morgan fingerprint density at radius 2 is 2.00 bits per heavy atom. The summed E-state index contributed by atoms with van der Waals surface area (Å²) in [6.45, 7) is 5.17. The highest BCUT2D eigenvalue weighted by Gasteiger charge is 2.10. The van der Waals surface area contributed by atoms with Crippen molar-refractivity contribution in [2.45, 2.75) is 20.4 Å². The lowest BCUT2D eigenvalue weighted by atomic mass is 10.1. The van der Waals surface area contributed by atoms with Crippen molar-refractivity contribution in [3.63, 3.8) is 0 Å². The van der Waals surface area contributed by atoms with E-state index in [9.17, 15) is 0 Å². The van der Waals surface area contributed by atoms with E-state index in [4.69, 9.17) is 5.73 Å². The van der Waals surface area contributed by atoms with Crippen molar-refractivity contribution in [1.82, 2.24) is 9.55 Å². The summed E-state index contributed by atoms with van der Waals surface area (Å²) in [6.07, 6.45) is 0. The van der Waals surface area contributed by atoms with Gasteiger partial charge in [-0.3, -0.25) is 0 Å². The summed E-state index contributed by atoms with van der Waals surface area (Å²) in [6, 6.07) is 14.5. The van der Waals surface area contributed by atoms with Crippen molar-refractivity contribution in [3.8, 4) is 11.3 Å². The molecule has 3 aromatic rings. The number of rotatable bonds is 2. The molecule has 0 saturated heterocycles. The standard InChI is InChI=1S/C16H17N3/c1-3-19-14-7-8-16(17)18-13(14)10-15(19)12-6-4-5-11(2)9-12/h4-10H,3H2,1-2H3,(H2,17,18). The fraction of sp³-hybridized carbons (Fsp3) is 0.188. The zero-order chi connectivity index (χ0) is 13.4. The molecule has 0 unspecified atom stereocenters. The third-order valence-electron chi connectivity index (χ3n) is 3.41. The first kappa shape index (κ1) is 11.8. The minimum Gasteiger partial charge on any atom is -0.384 e. The molecule has 0 fully saturated rings. The molecule has 3 heteroatoms. The topological polar surface area (TPSA) is 43.8 Å².